The van der Waals surface area contributed by atoms with Crippen LogP contribution in [-0.2, 0) is 4.79 Å². The number of likely N-dealkylation sites (tertiary alicyclic amines) is 1. The maximum Gasteiger partial charge on any atom is 0.253 e. The molecule has 0 spiro atoms. The molecular weight excluding hydrogens is 420 g/mol. The van der Waals surface area contributed by atoms with Crippen LogP contribution in [0.15, 0.2) is 42.5 Å². The third kappa shape index (κ3) is 5.78. The topological polar surface area (TPSA) is 77.1 Å². The summed E-state index contributed by atoms with van der Waals surface area (Å²) in [5, 5.41) is 3.07. The molecule has 33 heavy (non-hydrogen) atoms. The summed E-state index contributed by atoms with van der Waals surface area (Å²) in [4.78, 5) is 28.2. The maximum atomic E-state index is 13.3. The smallest absolute Gasteiger partial charge is 0.253 e. The van der Waals surface area contributed by atoms with Crippen LogP contribution in [0.5, 0.6) is 17.2 Å². The van der Waals surface area contributed by atoms with Gasteiger partial charge in [0.2, 0.25) is 5.91 Å². The summed E-state index contributed by atoms with van der Waals surface area (Å²) >= 11 is 0. The van der Waals surface area contributed by atoms with E-state index >= 15 is 0 Å². The van der Waals surface area contributed by atoms with Crippen LogP contribution < -0.4 is 19.5 Å². The molecule has 0 saturated carbocycles. The highest BCUT2D eigenvalue weighted by molar-refractivity contribution is 5.95. The summed E-state index contributed by atoms with van der Waals surface area (Å²) in [6.07, 6.45) is 0.906. The van der Waals surface area contributed by atoms with Crippen molar-refractivity contribution in [2.75, 3.05) is 41.0 Å². The Kier molecular flexibility index (Phi) is 8.20. The number of amides is 2. The van der Waals surface area contributed by atoms with Crippen LogP contribution in [0, 0.1) is 11.8 Å². The van der Waals surface area contributed by atoms with Crippen LogP contribution in [0.25, 0.3) is 0 Å². The first-order chi connectivity index (χ1) is 15.9. The highest BCUT2D eigenvalue weighted by atomic mass is 16.5. The van der Waals surface area contributed by atoms with Crippen molar-refractivity contribution in [1.82, 2.24) is 10.2 Å². The molecular formula is C26H34N2O5. The SMILES string of the molecule is COc1ccc(C(=O)N2C[C@H](c3ccc(OC)cc3OC)[C@H](C(=O)NCCC(C)C)C2)cc1. The van der Waals surface area contributed by atoms with Crippen molar-refractivity contribution in [3.63, 3.8) is 0 Å². The molecule has 1 aliphatic heterocycles. The number of nitrogens with one attached hydrogen (secondary N) is 1. The molecule has 3 rings (SSSR count). The largest absolute Gasteiger partial charge is 0.497 e. The lowest BCUT2D eigenvalue weighted by molar-refractivity contribution is -0.124. The van der Waals surface area contributed by atoms with Gasteiger partial charge < -0.3 is 24.4 Å². The molecule has 0 aliphatic carbocycles. The fourth-order valence-corrected chi connectivity index (χ4v) is 4.21. The molecule has 178 valence electrons. The zero-order valence-corrected chi connectivity index (χ0v) is 20.1. The standard InChI is InChI=1S/C26H34N2O5/c1-17(2)12-13-27-25(29)23-16-28(26(30)18-6-8-19(31-3)9-7-18)15-22(23)21-11-10-20(32-4)14-24(21)33-5/h6-11,14,17,22-23H,12-13,15-16H2,1-5H3,(H,27,29)/t22-,23-/m1/s1. The maximum absolute atomic E-state index is 13.3. The lowest BCUT2D eigenvalue weighted by Crippen LogP contribution is -2.36. The van der Waals surface area contributed by atoms with E-state index in [-0.39, 0.29) is 23.7 Å². The quantitative estimate of drug-likeness (QED) is 0.625. The Morgan fingerprint density at radius 3 is 2.24 bits per heavy atom. The van der Waals surface area contributed by atoms with Gasteiger partial charge in [-0.05, 0) is 42.7 Å². The predicted molar refractivity (Wildman–Crippen MR) is 127 cm³/mol. The van der Waals surface area contributed by atoms with E-state index in [0.29, 0.717) is 48.4 Å². The van der Waals surface area contributed by atoms with Gasteiger partial charge in [0.15, 0.2) is 0 Å². The van der Waals surface area contributed by atoms with Gasteiger partial charge in [0.05, 0.1) is 27.2 Å². The van der Waals surface area contributed by atoms with Crippen molar-refractivity contribution in [2.24, 2.45) is 11.8 Å². The van der Waals surface area contributed by atoms with Gasteiger partial charge in [-0.15, -0.1) is 0 Å². The molecule has 1 heterocycles. The van der Waals surface area contributed by atoms with Gasteiger partial charge >= 0.3 is 0 Å². The fourth-order valence-electron chi connectivity index (χ4n) is 4.21. The summed E-state index contributed by atoms with van der Waals surface area (Å²) in [6.45, 7) is 5.64. The van der Waals surface area contributed by atoms with Crippen molar-refractivity contribution >= 4 is 11.8 Å². The Labute approximate surface area is 196 Å². The molecule has 1 saturated heterocycles. The minimum Gasteiger partial charge on any atom is -0.497 e. The lowest BCUT2D eigenvalue weighted by Gasteiger charge is -2.21. The predicted octanol–water partition coefficient (Wildman–Crippen LogP) is 3.73. The lowest BCUT2D eigenvalue weighted by atomic mass is 9.87. The van der Waals surface area contributed by atoms with E-state index in [0.717, 1.165) is 12.0 Å². The number of rotatable bonds is 9. The Morgan fingerprint density at radius 1 is 0.970 bits per heavy atom. The van der Waals surface area contributed by atoms with Crippen LogP contribution >= 0.6 is 0 Å². The molecule has 2 amide bonds. The number of nitrogens with zero attached hydrogens (tertiary/aromatic N) is 1. The average molecular weight is 455 g/mol. The third-order valence-corrected chi connectivity index (χ3v) is 6.14. The number of carbonyl (C=O) groups is 2. The Balaban J connectivity index is 1.87. The first kappa shape index (κ1) is 24.4. The van der Waals surface area contributed by atoms with Gasteiger partial charge in [-0.25, -0.2) is 0 Å². The summed E-state index contributed by atoms with van der Waals surface area (Å²) in [7, 11) is 4.79. The number of hydrogen-bond acceptors (Lipinski definition) is 5. The Hall–Kier alpha value is -3.22. The van der Waals surface area contributed by atoms with E-state index in [9.17, 15) is 9.59 Å². The molecule has 2 aromatic carbocycles. The summed E-state index contributed by atoms with van der Waals surface area (Å²) in [5.74, 6) is 1.82. The Bertz CT molecular complexity index is 958. The third-order valence-electron chi connectivity index (χ3n) is 6.14. The van der Waals surface area contributed by atoms with E-state index in [2.05, 4.69) is 19.2 Å². The van der Waals surface area contributed by atoms with Gasteiger partial charge in [-0.2, -0.15) is 0 Å². The number of ether oxygens (including phenoxy) is 3. The first-order valence-electron chi connectivity index (χ1n) is 11.3. The van der Waals surface area contributed by atoms with E-state index in [4.69, 9.17) is 14.2 Å². The normalized spacial score (nSPS) is 17.7. The van der Waals surface area contributed by atoms with Crippen molar-refractivity contribution in [1.29, 1.82) is 0 Å². The molecule has 0 bridgehead atoms. The van der Waals surface area contributed by atoms with Crippen LogP contribution in [-0.4, -0.2) is 57.7 Å². The van der Waals surface area contributed by atoms with Gasteiger partial charge in [-0.3, -0.25) is 9.59 Å². The van der Waals surface area contributed by atoms with E-state index in [1.165, 1.54) is 0 Å². The zero-order valence-electron chi connectivity index (χ0n) is 20.1. The van der Waals surface area contributed by atoms with Crippen LogP contribution in [0.2, 0.25) is 0 Å². The van der Waals surface area contributed by atoms with Crippen molar-refractivity contribution in [2.45, 2.75) is 26.2 Å². The van der Waals surface area contributed by atoms with E-state index in [1.807, 2.05) is 18.2 Å². The second kappa shape index (κ2) is 11.1. The molecule has 7 heteroatoms. The second-order valence-electron chi connectivity index (χ2n) is 8.73. The van der Waals surface area contributed by atoms with Gasteiger partial charge in [-0.1, -0.05) is 19.9 Å². The fraction of sp³-hybridized carbons (Fsp3) is 0.462. The molecule has 1 fully saturated rings. The molecule has 1 aliphatic rings. The average Bonchev–Trinajstić information content (AvgIpc) is 3.28. The molecule has 0 radical (unpaired) electrons. The number of carbonyl (C=O) groups excluding carboxylic acids is 2. The monoisotopic (exact) mass is 454 g/mol. The van der Waals surface area contributed by atoms with Gasteiger partial charge in [0.1, 0.15) is 17.2 Å². The molecule has 0 aromatic heterocycles. The highest BCUT2D eigenvalue weighted by Gasteiger charge is 2.41. The molecule has 7 nitrogen and oxygen atoms in total. The number of methoxy groups -OCH3 is 3. The molecule has 2 atom stereocenters. The van der Waals surface area contributed by atoms with Crippen LogP contribution in [0.4, 0.5) is 0 Å². The summed E-state index contributed by atoms with van der Waals surface area (Å²) < 4.78 is 16.1. The second-order valence-corrected chi connectivity index (χ2v) is 8.73. The van der Waals surface area contributed by atoms with E-state index in [1.54, 1.807) is 50.5 Å². The minimum atomic E-state index is -0.373. The zero-order chi connectivity index (χ0) is 24.0. The van der Waals surface area contributed by atoms with Crippen LogP contribution in [0.3, 0.4) is 0 Å². The van der Waals surface area contributed by atoms with Crippen molar-refractivity contribution < 1.29 is 23.8 Å². The number of benzene rings is 2. The summed E-state index contributed by atoms with van der Waals surface area (Å²) in [5.41, 5.74) is 1.46. The minimum absolute atomic E-state index is 0.0384. The molecule has 1 N–H and O–H groups in total. The van der Waals surface area contributed by atoms with Crippen molar-refractivity contribution in [3.05, 3.63) is 53.6 Å². The first-order valence-corrected chi connectivity index (χ1v) is 11.3. The summed E-state index contributed by atoms with van der Waals surface area (Å²) in [6, 6.07) is 12.6. The number of hydrogen-bond donors (Lipinski definition) is 1. The van der Waals surface area contributed by atoms with Crippen molar-refractivity contribution in [3.8, 4) is 17.2 Å². The van der Waals surface area contributed by atoms with Gasteiger partial charge in [0, 0.05) is 42.7 Å². The van der Waals surface area contributed by atoms with E-state index < -0.39 is 0 Å². The highest BCUT2D eigenvalue weighted by Crippen LogP contribution is 2.39. The molecule has 2 aromatic rings. The van der Waals surface area contributed by atoms with Crippen LogP contribution in [0.1, 0.15) is 42.1 Å². The van der Waals surface area contributed by atoms with Gasteiger partial charge in [0.25, 0.3) is 5.91 Å². The molecule has 0 unspecified atom stereocenters. The Morgan fingerprint density at radius 2 is 1.64 bits per heavy atom.